The van der Waals surface area contributed by atoms with Crippen LogP contribution in [-0.4, -0.2) is 41.3 Å². The van der Waals surface area contributed by atoms with E-state index in [2.05, 4.69) is 10.3 Å². The fourth-order valence-corrected chi connectivity index (χ4v) is 2.83. The van der Waals surface area contributed by atoms with Crippen LogP contribution in [0.15, 0.2) is 35.6 Å². The summed E-state index contributed by atoms with van der Waals surface area (Å²) < 4.78 is 6.53. The van der Waals surface area contributed by atoms with Crippen molar-refractivity contribution in [2.75, 3.05) is 19.9 Å². The van der Waals surface area contributed by atoms with Gasteiger partial charge in [0.1, 0.15) is 6.54 Å². The quantitative estimate of drug-likeness (QED) is 0.645. The van der Waals surface area contributed by atoms with Crippen molar-refractivity contribution in [3.8, 4) is 11.3 Å². The van der Waals surface area contributed by atoms with Crippen LogP contribution >= 0.6 is 11.8 Å². The summed E-state index contributed by atoms with van der Waals surface area (Å²) in [5.74, 6) is -0.222. The lowest BCUT2D eigenvalue weighted by Gasteiger charge is -2.10. The first-order chi connectivity index (χ1) is 11.0. The number of ether oxygens (including phenoxy) is 1. The van der Waals surface area contributed by atoms with E-state index in [9.17, 15) is 9.59 Å². The molecule has 0 saturated heterocycles. The molecule has 2 rings (SSSR count). The first-order valence-electron chi connectivity index (χ1n) is 7.08. The number of aromatic nitrogens is 2. The van der Waals surface area contributed by atoms with Crippen LogP contribution in [0.3, 0.4) is 0 Å². The Bertz CT molecular complexity index is 695. The molecule has 0 bridgehead atoms. The van der Waals surface area contributed by atoms with Crippen LogP contribution in [0.1, 0.15) is 5.56 Å². The Morgan fingerprint density at radius 3 is 2.61 bits per heavy atom. The fraction of sp³-hybridized carbons (Fsp3) is 0.312. The molecule has 0 aliphatic rings. The van der Waals surface area contributed by atoms with Crippen molar-refractivity contribution in [2.24, 2.45) is 0 Å². The molecular weight excluding hydrogens is 314 g/mol. The van der Waals surface area contributed by atoms with E-state index >= 15 is 0 Å². The van der Waals surface area contributed by atoms with Crippen LogP contribution < -0.4 is 5.32 Å². The molecule has 0 aliphatic heterocycles. The minimum atomic E-state index is -0.363. The number of thioether (sulfide) groups is 1. The monoisotopic (exact) mass is 333 g/mol. The van der Waals surface area contributed by atoms with E-state index < -0.39 is 0 Å². The Labute approximate surface area is 139 Å². The molecule has 0 unspecified atom stereocenters. The number of methoxy groups -OCH3 is 1. The molecular formula is C16H19N3O3S. The highest BCUT2D eigenvalue weighted by molar-refractivity contribution is 7.99. The number of nitrogens with zero attached hydrogens (tertiary/aromatic N) is 2. The predicted octanol–water partition coefficient (Wildman–Crippen LogP) is 1.87. The summed E-state index contributed by atoms with van der Waals surface area (Å²) in [6, 6.07) is 7.96. The molecule has 0 aliphatic carbocycles. The minimum Gasteiger partial charge on any atom is -0.468 e. The molecule has 6 nitrogen and oxygen atoms in total. The number of carbonyl (C=O) groups excluding carboxylic acids is 2. The van der Waals surface area contributed by atoms with Crippen molar-refractivity contribution < 1.29 is 14.3 Å². The fourth-order valence-electron chi connectivity index (χ4n) is 1.98. The zero-order valence-electron chi connectivity index (χ0n) is 13.3. The molecule has 0 radical (unpaired) electrons. The highest BCUT2D eigenvalue weighted by Gasteiger charge is 2.16. The van der Waals surface area contributed by atoms with Gasteiger partial charge < -0.3 is 14.6 Å². The molecule has 7 heteroatoms. The topological polar surface area (TPSA) is 73.2 Å². The van der Waals surface area contributed by atoms with Crippen molar-refractivity contribution in [3.63, 3.8) is 0 Å². The number of amides is 1. The van der Waals surface area contributed by atoms with E-state index in [1.54, 1.807) is 17.8 Å². The Kier molecular flexibility index (Phi) is 5.81. The number of esters is 1. The number of carbonyl (C=O) groups is 2. The van der Waals surface area contributed by atoms with Crippen molar-refractivity contribution in [1.29, 1.82) is 0 Å². The first kappa shape index (κ1) is 17.1. The number of nitrogens with one attached hydrogen (secondary N) is 1. The van der Waals surface area contributed by atoms with Gasteiger partial charge >= 0.3 is 5.97 Å². The second-order valence-electron chi connectivity index (χ2n) is 4.92. The molecule has 0 fully saturated rings. The molecule has 0 atom stereocenters. The lowest BCUT2D eigenvalue weighted by atomic mass is 10.1. The van der Waals surface area contributed by atoms with Gasteiger partial charge in [0.15, 0.2) is 5.16 Å². The number of imidazole rings is 1. The van der Waals surface area contributed by atoms with E-state index in [1.165, 1.54) is 18.9 Å². The van der Waals surface area contributed by atoms with Gasteiger partial charge in [-0.1, -0.05) is 41.6 Å². The Morgan fingerprint density at radius 1 is 1.30 bits per heavy atom. The third-order valence-corrected chi connectivity index (χ3v) is 4.28. The van der Waals surface area contributed by atoms with E-state index in [0.717, 1.165) is 16.8 Å². The predicted molar refractivity (Wildman–Crippen MR) is 89.2 cm³/mol. The SMILES string of the molecule is CNC(=O)CSc1ncc(-c2ccc(C)cc2)n1CC(=O)OC. The second-order valence-corrected chi connectivity index (χ2v) is 5.86. The maximum atomic E-state index is 11.7. The van der Waals surface area contributed by atoms with Gasteiger partial charge in [0, 0.05) is 7.05 Å². The average Bonchev–Trinajstić information content (AvgIpc) is 2.95. The molecule has 1 aromatic heterocycles. The molecule has 0 saturated carbocycles. The van der Waals surface area contributed by atoms with Crippen LogP contribution in [0, 0.1) is 6.92 Å². The number of rotatable bonds is 6. The van der Waals surface area contributed by atoms with Crippen LogP contribution in [0.4, 0.5) is 0 Å². The number of benzene rings is 1. The summed E-state index contributed by atoms with van der Waals surface area (Å²) in [6.07, 6.45) is 1.71. The van der Waals surface area contributed by atoms with Gasteiger partial charge in [0.2, 0.25) is 5.91 Å². The van der Waals surface area contributed by atoms with E-state index in [0.29, 0.717) is 5.16 Å². The lowest BCUT2D eigenvalue weighted by molar-refractivity contribution is -0.141. The van der Waals surface area contributed by atoms with Crippen molar-refractivity contribution >= 4 is 23.6 Å². The summed E-state index contributed by atoms with van der Waals surface area (Å²) in [6.45, 7) is 2.07. The number of hydrogen-bond donors (Lipinski definition) is 1. The minimum absolute atomic E-state index is 0.0514. The molecule has 1 amide bonds. The second kappa shape index (κ2) is 7.82. The third kappa shape index (κ3) is 4.35. The number of aryl methyl sites for hydroxylation is 1. The lowest BCUT2D eigenvalue weighted by Crippen LogP contribution is -2.20. The summed E-state index contributed by atoms with van der Waals surface area (Å²) in [7, 11) is 2.93. The maximum absolute atomic E-state index is 11.7. The summed E-state index contributed by atoms with van der Waals surface area (Å²) in [5, 5.41) is 3.17. The van der Waals surface area contributed by atoms with Gasteiger partial charge in [0.05, 0.1) is 24.8 Å². The van der Waals surface area contributed by atoms with Crippen LogP contribution in [0.25, 0.3) is 11.3 Å². The van der Waals surface area contributed by atoms with Crippen LogP contribution in [0.2, 0.25) is 0 Å². The Balaban J connectivity index is 2.33. The first-order valence-corrected chi connectivity index (χ1v) is 8.06. The van der Waals surface area contributed by atoms with Gasteiger partial charge in [0.25, 0.3) is 0 Å². The maximum Gasteiger partial charge on any atom is 0.325 e. The van der Waals surface area contributed by atoms with Gasteiger partial charge in [-0.3, -0.25) is 9.59 Å². The van der Waals surface area contributed by atoms with Gasteiger partial charge in [-0.25, -0.2) is 4.98 Å². The molecule has 1 heterocycles. The molecule has 2 aromatic rings. The highest BCUT2D eigenvalue weighted by Crippen LogP contribution is 2.26. The molecule has 0 spiro atoms. The Hall–Kier alpha value is -2.28. The van der Waals surface area contributed by atoms with Crippen molar-refractivity contribution in [2.45, 2.75) is 18.6 Å². The van der Waals surface area contributed by atoms with Crippen LogP contribution in [0.5, 0.6) is 0 Å². The summed E-state index contributed by atoms with van der Waals surface area (Å²) in [4.78, 5) is 27.5. The standard InChI is InChI=1S/C16H19N3O3S/c1-11-4-6-12(7-5-11)13-8-18-16(23-10-14(20)17-2)19(13)9-15(21)22-3/h4-8H,9-10H2,1-3H3,(H,17,20). The Morgan fingerprint density at radius 2 is 2.00 bits per heavy atom. The largest absolute Gasteiger partial charge is 0.468 e. The molecule has 1 aromatic carbocycles. The van der Waals surface area contributed by atoms with Crippen LogP contribution in [-0.2, 0) is 20.9 Å². The van der Waals surface area contributed by atoms with E-state index in [4.69, 9.17) is 4.74 Å². The summed E-state index contributed by atoms with van der Waals surface area (Å²) >= 11 is 1.28. The third-order valence-electron chi connectivity index (χ3n) is 3.29. The zero-order valence-corrected chi connectivity index (χ0v) is 14.1. The highest BCUT2D eigenvalue weighted by atomic mass is 32.2. The number of hydrogen-bond acceptors (Lipinski definition) is 5. The van der Waals surface area contributed by atoms with Crippen molar-refractivity contribution in [3.05, 3.63) is 36.0 Å². The normalized spacial score (nSPS) is 10.4. The van der Waals surface area contributed by atoms with E-state index in [1.807, 2.05) is 31.2 Å². The van der Waals surface area contributed by atoms with Crippen molar-refractivity contribution in [1.82, 2.24) is 14.9 Å². The molecule has 1 N–H and O–H groups in total. The van der Waals surface area contributed by atoms with Gasteiger partial charge in [-0.2, -0.15) is 0 Å². The average molecular weight is 333 g/mol. The van der Waals surface area contributed by atoms with Gasteiger partial charge in [-0.05, 0) is 12.5 Å². The smallest absolute Gasteiger partial charge is 0.325 e. The summed E-state index contributed by atoms with van der Waals surface area (Å²) in [5.41, 5.74) is 2.93. The molecule has 122 valence electrons. The molecule has 23 heavy (non-hydrogen) atoms. The zero-order chi connectivity index (χ0) is 16.8. The van der Waals surface area contributed by atoms with E-state index in [-0.39, 0.29) is 24.2 Å². The van der Waals surface area contributed by atoms with Gasteiger partial charge in [-0.15, -0.1) is 0 Å².